The van der Waals surface area contributed by atoms with Crippen LogP contribution in [0.4, 0.5) is 22.7 Å². The third-order valence-corrected chi connectivity index (χ3v) is 6.68. The van der Waals surface area contributed by atoms with Gasteiger partial charge in [0.1, 0.15) is 4.90 Å². The number of hydrogen-bond acceptors (Lipinski definition) is 9. The van der Waals surface area contributed by atoms with E-state index in [0.29, 0.717) is 11.3 Å². The van der Waals surface area contributed by atoms with Crippen LogP contribution in [0.25, 0.3) is 0 Å². The fraction of sp³-hybridized carbons (Fsp3) is 0.316. The summed E-state index contributed by atoms with van der Waals surface area (Å²) in [5, 5.41) is 26.3. The van der Waals surface area contributed by atoms with Gasteiger partial charge in [-0.1, -0.05) is 13.8 Å². The van der Waals surface area contributed by atoms with E-state index in [-0.39, 0.29) is 35.0 Å². The lowest BCUT2D eigenvalue weighted by molar-refractivity contribution is -0.385. The van der Waals surface area contributed by atoms with Crippen molar-refractivity contribution >= 4 is 39.0 Å². The number of hydrogen-bond donors (Lipinski definition) is 1. The SMILES string of the molecule is CCN(CC)S(=O)(=O)c1cc([N+](=O)[O-])ccc1N/N=C/c1cc([N+](=O)[O-])ccc1N(C)C. The van der Waals surface area contributed by atoms with Crippen LogP contribution in [-0.4, -0.2) is 56.0 Å². The van der Waals surface area contributed by atoms with Gasteiger partial charge in [0.25, 0.3) is 11.4 Å². The van der Waals surface area contributed by atoms with Gasteiger partial charge in [-0.15, -0.1) is 0 Å². The second kappa shape index (κ2) is 10.2. The van der Waals surface area contributed by atoms with E-state index < -0.39 is 19.9 Å². The summed E-state index contributed by atoms with van der Waals surface area (Å²) in [5.74, 6) is 0. The highest BCUT2D eigenvalue weighted by molar-refractivity contribution is 7.89. The summed E-state index contributed by atoms with van der Waals surface area (Å²) < 4.78 is 27.2. The Hall–Kier alpha value is -3.58. The van der Waals surface area contributed by atoms with E-state index in [1.54, 1.807) is 38.9 Å². The summed E-state index contributed by atoms with van der Waals surface area (Å²) in [4.78, 5) is 22.5. The first-order valence-corrected chi connectivity index (χ1v) is 11.0. The Kier molecular flexibility index (Phi) is 7.83. The molecule has 172 valence electrons. The number of nitro benzene ring substituents is 2. The van der Waals surface area contributed by atoms with Crippen molar-refractivity contribution in [2.24, 2.45) is 5.10 Å². The maximum absolute atomic E-state index is 13.0. The molecule has 0 bridgehead atoms. The number of non-ortho nitro benzene ring substituents is 2. The molecule has 0 aromatic heterocycles. The minimum Gasteiger partial charge on any atom is -0.377 e. The predicted molar refractivity (Wildman–Crippen MR) is 122 cm³/mol. The molecule has 2 rings (SSSR count). The number of anilines is 2. The number of hydrazone groups is 1. The highest BCUT2D eigenvalue weighted by Gasteiger charge is 2.27. The van der Waals surface area contributed by atoms with E-state index in [4.69, 9.17) is 0 Å². The summed E-state index contributed by atoms with van der Waals surface area (Å²) in [6.45, 7) is 3.69. The molecule has 0 radical (unpaired) electrons. The molecule has 0 atom stereocenters. The lowest BCUT2D eigenvalue weighted by Gasteiger charge is -2.20. The number of rotatable bonds is 10. The van der Waals surface area contributed by atoms with E-state index in [9.17, 15) is 28.6 Å². The summed E-state index contributed by atoms with van der Waals surface area (Å²) >= 11 is 0. The minimum absolute atomic E-state index is 0.0376. The van der Waals surface area contributed by atoms with Crippen LogP contribution in [0.3, 0.4) is 0 Å². The Morgan fingerprint density at radius 2 is 1.56 bits per heavy atom. The molecular formula is C19H24N6O6S. The highest BCUT2D eigenvalue weighted by Crippen LogP contribution is 2.29. The number of sulfonamides is 1. The molecule has 0 unspecified atom stereocenters. The molecular weight excluding hydrogens is 440 g/mol. The van der Waals surface area contributed by atoms with E-state index >= 15 is 0 Å². The zero-order chi connectivity index (χ0) is 24.1. The summed E-state index contributed by atoms with van der Waals surface area (Å²) in [7, 11) is -0.506. The van der Waals surface area contributed by atoms with Gasteiger partial charge in [-0.05, 0) is 12.1 Å². The zero-order valence-electron chi connectivity index (χ0n) is 18.0. The summed E-state index contributed by atoms with van der Waals surface area (Å²) in [6.07, 6.45) is 1.32. The number of nitrogens with zero attached hydrogens (tertiary/aromatic N) is 5. The van der Waals surface area contributed by atoms with Crippen molar-refractivity contribution in [1.82, 2.24) is 4.31 Å². The quantitative estimate of drug-likeness (QED) is 0.320. The van der Waals surface area contributed by atoms with Crippen LogP contribution in [-0.2, 0) is 10.0 Å². The van der Waals surface area contributed by atoms with E-state index in [1.165, 1.54) is 28.7 Å². The first kappa shape index (κ1) is 24.7. The summed E-state index contributed by atoms with van der Waals surface area (Å²) in [6, 6.07) is 7.67. The van der Waals surface area contributed by atoms with Crippen LogP contribution in [0.5, 0.6) is 0 Å². The highest BCUT2D eigenvalue weighted by atomic mass is 32.2. The third kappa shape index (κ3) is 5.36. The fourth-order valence-electron chi connectivity index (χ4n) is 2.97. The number of nitro groups is 2. The van der Waals surface area contributed by atoms with Gasteiger partial charge in [-0.3, -0.25) is 25.7 Å². The topological polar surface area (TPSA) is 151 Å². The van der Waals surface area contributed by atoms with Crippen LogP contribution in [0, 0.1) is 20.2 Å². The molecule has 12 nitrogen and oxygen atoms in total. The molecule has 0 saturated heterocycles. The molecule has 1 N–H and O–H groups in total. The van der Waals surface area contributed by atoms with Crippen LogP contribution in [0.1, 0.15) is 19.4 Å². The monoisotopic (exact) mass is 464 g/mol. The van der Waals surface area contributed by atoms with Crippen molar-refractivity contribution in [3.8, 4) is 0 Å². The maximum atomic E-state index is 13.0. The van der Waals surface area contributed by atoms with Crippen LogP contribution < -0.4 is 10.3 Å². The number of benzene rings is 2. The lowest BCUT2D eigenvalue weighted by atomic mass is 10.1. The maximum Gasteiger partial charge on any atom is 0.270 e. The third-order valence-electron chi connectivity index (χ3n) is 4.59. The Morgan fingerprint density at radius 1 is 1.00 bits per heavy atom. The van der Waals surface area contributed by atoms with Gasteiger partial charge in [0.05, 0.1) is 21.7 Å². The van der Waals surface area contributed by atoms with Gasteiger partial charge in [-0.2, -0.15) is 9.41 Å². The molecule has 0 amide bonds. The van der Waals surface area contributed by atoms with Crippen molar-refractivity contribution in [3.63, 3.8) is 0 Å². The largest absolute Gasteiger partial charge is 0.377 e. The normalized spacial score (nSPS) is 11.7. The molecule has 0 saturated carbocycles. The van der Waals surface area contributed by atoms with Gasteiger partial charge < -0.3 is 4.90 Å². The summed E-state index contributed by atoms with van der Waals surface area (Å²) in [5.41, 5.74) is 3.21. The second-order valence-corrected chi connectivity index (χ2v) is 8.70. The van der Waals surface area contributed by atoms with Crippen LogP contribution in [0.15, 0.2) is 46.4 Å². The van der Waals surface area contributed by atoms with Gasteiger partial charge in [0.2, 0.25) is 10.0 Å². The van der Waals surface area contributed by atoms with Crippen molar-refractivity contribution in [1.29, 1.82) is 0 Å². The van der Waals surface area contributed by atoms with Gasteiger partial charge >= 0.3 is 0 Å². The molecule has 2 aromatic rings. The molecule has 0 aliphatic carbocycles. The molecule has 0 heterocycles. The predicted octanol–water partition coefficient (Wildman–Crippen LogP) is 3.05. The minimum atomic E-state index is -4.03. The Balaban J connectivity index is 2.50. The smallest absolute Gasteiger partial charge is 0.270 e. The standard InChI is InChI=1S/C19H24N6O6S/c1-5-23(6-2)32(30,31)19-12-16(25(28)29)7-9-17(19)21-20-13-14-11-15(24(26)27)8-10-18(14)22(3)4/h7-13,21H,5-6H2,1-4H3/b20-13+. The van der Waals surface area contributed by atoms with Crippen molar-refractivity contribution in [2.75, 3.05) is 37.5 Å². The molecule has 32 heavy (non-hydrogen) atoms. The molecule has 13 heteroatoms. The first-order chi connectivity index (χ1) is 15.0. The molecule has 0 aliphatic heterocycles. The Bertz CT molecular complexity index is 1140. The van der Waals surface area contributed by atoms with Crippen molar-refractivity contribution in [2.45, 2.75) is 18.7 Å². The van der Waals surface area contributed by atoms with Crippen LogP contribution >= 0.6 is 0 Å². The fourth-order valence-corrected chi connectivity index (χ4v) is 4.59. The van der Waals surface area contributed by atoms with E-state index in [2.05, 4.69) is 10.5 Å². The van der Waals surface area contributed by atoms with Gasteiger partial charge in [0, 0.05) is 62.7 Å². The average molecular weight is 465 g/mol. The first-order valence-electron chi connectivity index (χ1n) is 9.56. The average Bonchev–Trinajstić information content (AvgIpc) is 2.74. The zero-order valence-corrected chi connectivity index (χ0v) is 18.9. The van der Waals surface area contributed by atoms with E-state index in [0.717, 1.165) is 12.1 Å². The van der Waals surface area contributed by atoms with Gasteiger partial charge in [-0.25, -0.2) is 8.42 Å². The molecule has 2 aromatic carbocycles. The van der Waals surface area contributed by atoms with Crippen molar-refractivity contribution in [3.05, 3.63) is 62.2 Å². The molecule has 0 spiro atoms. The van der Waals surface area contributed by atoms with Crippen LogP contribution in [0.2, 0.25) is 0 Å². The van der Waals surface area contributed by atoms with Gasteiger partial charge in [0.15, 0.2) is 0 Å². The molecule has 0 aliphatic rings. The Morgan fingerprint density at radius 3 is 2.09 bits per heavy atom. The lowest BCUT2D eigenvalue weighted by Crippen LogP contribution is -2.31. The van der Waals surface area contributed by atoms with E-state index in [1.807, 2.05) is 0 Å². The van der Waals surface area contributed by atoms with Crippen molar-refractivity contribution < 1.29 is 18.3 Å². The second-order valence-electron chi connectivity index (χ2n) is 6.79. The molecule has 0 fully saturated rings. The number of nitrogens with one attached hydrogen (secondary N) is 1. The Labute approximate surface area is 185 Å².